The lowest BCUT2D eigenvalue weighted by atomic mass is 9.33. The van der Waals surface area contributed by atoms with Crippen molar-refractivity contribution in [2.45, 2.75) is 112 Å². The van der Waals surface area contributed by atoms with E-state index in [1.165, 1.54) is 25.7 Å². The van der Waals surface area contributed by atoms with Gasteiger partial charge in [-0.15, -0.1) is 0 Å². The lowest BCUT2D eigenvalue weighted by Crippen LogP contribution is -2.66. The molecule has 0 aromatic heterocycles. The number of fused-ring (bicyclic) bond motifs is 7. The van der Waals surface area contributed by atoms with Crippen LogP contribution in [0.25, 0.3) is 0 Å². The van der Waals surface area contributed by atoms with Crippen LogP contribution in [-0.2, 0) is 4.79 Å². The molecule has 3 heteroatoms. The van der Waals surface area contributed by atoms with Crippen molar-refractivity contribution in [2.75, 3.05) is 0 Å². The van der Waals surface area contributed by atoms with E-state index < -0.39 is 17.5 Å². The van der Waals surface area contributed by atoms with Gasteiger partial charge in [-0.3, -0.25) is 4.79 Å². The van der Waals surface area contributed by atoms with Gasteiger partial charge in [0.15, 0.2) is 0 Å². The highest BCUT2D eigenvalue weighted by Gasteiger charge is 2.69. The Labute approximate surface area is 201 Å². The molecule has 0 radical (unpaired) electrons. The van der Waals surface area contributed by atoms with E-state index in [1.54, 1.807) is 5.57 Å². The summed E-state index contributed by atoms with van der Waals surface area (Å²) in [5.74, 6) is 1.96. The summed E-state index contributed by atoms with van der Waals surface area (Å²) in [6, 6.07) is 0. The molecule has 5 aliphatic rings. The zero-order valence-electron chi connectivity index (χ0n) is 22.2. The molecule has 3 nitrogen and oxygen atoms in total. The monoisotopic (exact) mass is 456 g/mol. The summed E-state index contributed by atoms with van der Waals surface area (Å²) in [7, 11) is 0. The molecule has 11 atom stereocenters. The Hall–Kier alpha value is -0.830. The van der Waals surface area contributed by atoms with Crippen molar-refractivity contribution >= 4 is 5.97 Å². The molecule has 0 saturated heterocycles. The predicted octanol–water partition coefficient (Wildman–Crippen LogP) is 7.09. The van der Waals surface area contributed by atoms with Crippen LogP contribution in [0.2, 0.25) is 0 Å². The third kappa shape index (κ3) is 2.75. The van der Waals surface area contributed by atoms with Crippen LogP contribution in [0.4, 0.5) is 0 Å². The number of allylic oxidation sites excluding steroid dienone is 2. The number of rotatable bonds is 1. The van der Waals surface area contributed by atoms with Crippen LogP contribution in [0.15, 0.2) is 11.6 Å². The van der Waals surface area contributed by atoms with Crippen LogP contribution < -0.4 is 0 Å². The van der Waals surface area contributed by atoms with Gasteiger partial charge in [-0.2, -0.15) is 0 Å². The van der Waals surface area contributed by atoms with Crippen molar-refractivity contribution in [1.29, 1.82) is 0 Å². The molecular formula is C30H48O3. The molecule has 33 heavy (non-hydrogen) atoms. The lowest BCUT2D eigenvalue weighted by Gasteiger charge is -2.71. The standard InChI is InChI=1S/C30H48O3/c1-18-10-13-26(3)16-17-28(5)20(24(26)19(18)2)8-9-21-27(4)14-12-23(31)30(7,25(32)33)22(27)11-15-29(21,28)6/h8,18-19,21-24,31H,9-17H2,1-7H3,(H,32,33)/t18-,19+,21-,22+,23-,24+,26?,27?,28?,29?,30?/m1/s1. The van der Waals surface area contributed by atoms with Gasteiger partial charge in [0.2, 0.25) is 0 Å². The van der Waals surface area contributed by atoms with Gasteiger partial charge >= 0.3 is 5.97 Å². The van der Waals surface area contributed by atoms with Crippen LogP contribution in [0.1, 0.15) is 106 Å². The fourth-order valence-corrected chi connectivity index (χ4v) is 10.8. The predicted molar refractivity (Wildman–Crippen MR) is 133 cm³/mol. The molecular weight excluding hydrogens is 408 g/mol. The average molecular weight is 457 g/mol. The van der Waals surface area contributed by atoms with Gasteiger partial charge in [0.1, 0.15) is 0 Å². The number of carbonyl (C=O) groups is 1. The van der Waals surface area contributed by atoms with Gasteiger partial charge in [-0.05, 0) is 116 Å². The number of carboxylic acids is 1. The van der Waals surface area contributed by atoms with Crippen LogP contribution >= 0.6 is 0 Å². The third-order valence-corrected chi connectivity index (χ3v) is 13.5. The van der Waals surface area contributed by atoms with Crippen molar-refractivity contribution in [1.82, 2.24) is 0 Å². The zero-order valence-corrected chi connectivity index (χ0v) is 22.2. The van der Waals surface area contributed by atoms with E-state index in [0.717, 1.165) is 37.5 Å². The summed E-state index contributed by atoms with van der Waals surface area (Å²) in [5, 5.41) is 21.1. The first-order valence-corrected chi connectivity index (χ1v) is 13.9. The minimum absolute atomic E-state index is 0.0311. The Morgan fingerprint density at radius 2 is 1.61 bits per heavy atom. The molecule has 5 aliphatic carbocycles. The number of carboxylic acid groups (broad SMARTS) is 1. The maximum absolute atomic E-state index is 12.5. The molecule has 0 aromatic rings. The number of aliphatic carboxylic acids is 1. The fraction of sp³-hybridized carbons (Fsp3) is 0.900. The maximum atomic E-state index is 12.5. The van der Waals surface area contributed by atoms with E-state index in [4.69, 9.17) is 0 Å². The Morgan fingerprint density at radius 3 is 2.27 bits per heavy atom. The molecule has 2 N–H and O–H groups in total. The van der Waals surface area contributed by atoms with Crippen LogP contribution in [0.3, 0.4) is 0 Å². The number of aliphatic hydroxyl groups is 1. The first kappa shape index (κ1) is 23.9. The summed E-state index contributed by atoms with van der Waals surface area (Å²) in [4.78, 5) is 12.5. The summed E-state index contributed by atoms with van der Waals surface area (Å²) < 4.78 is 0. The molecule has 0 amide bonds. The minimum atomic E-state index is -1.03. The van der Waals surface area contributed by atoms with Crippen LogP contribution in [0.5, 0.6) is 0 Å². The molecule has 5 rings (SSSR count). The summed E-state index contributed by atoms with van der Waals surface area (Å²) in [5.41, 5.74) is 1.56. The SMILES string of the molecule is C[C@H]1[C@H](C)CCC2(C)CCC3(C)C(=CC[C@@H]4C5(C)CC[C@@H](O)C(C)(C(=O)O)[C@H]5CCC43C)[C@H]12. The smallest absolute Gasteiger partial charge is 0.312 e. The van der Waals surface area contributed by atoms with E-state index >= 15 is 0 Å². The minimum Gasteiger partial charge on any atom is -0.481 e. The van der Waals surface area contributed by atoms with Gasteiger partial charge in [-0.1, -0.05) is 53.2 Å². The van der Waals surface area contributed by atoms with Crippen molar-refractivity contribution < 1.29 is 15.0 Å². The maximum Gasteiger partial charge on any atom is 0.312 e. The average Bonchev–Trinajstić information content (AvgIpc) is 2.75. The van der Waals surface area contributed by atoms with Gasteiger partial charge in [0.25, 0.3) is 0 Å². The van der Waals surface area contributed by atoms with E-state index in [1.807, 2.05) is 6.92 Å². The molecule has 4 saturated carbocycles. The van der Waals surface area contributed by atoms with Gasteiger partial charge in [0, 0.05) is 0 Å². The molecule has 0 aromatic carbocycles. The van der Waals surface area contributed by atoms with Gasteiger partial charge < -0.3 is 10.2 Å². The number of hydrogen-bond donors (Lipinski definition) is 2. The first-order chi connectivity index (χ1) is 15.3. The second kappa shape index (κ2) is 7.11. The normalized spacial score (nSPS) is 58.2. The Kier molecular flexibility index (Phi) is 5.15. The molecule has 4 fully saturated rings. The topological polar surface area (TPSA) is 57.5 Å². The van der Waals surface area contributed by atoms with Crippen LogP contribution in [-0.4, -0.2) is 22.3 Å². The highest BCUT2D eigenvalue weighted by atomic mass is 16.4. The van der Waals surface area contributed by atoms with E-state index in [0.29, 0.717) is 23.7 Å². The third-order valence-electron chi connectivity index (χ3n) is 13.5. The molecule has 186 valence electrons. The van der Waals surface area contributed by atoms with Crippen LogP contribution in [0, 0.1) is 56.7 Å². The van der Waals surface area contributed by atoms with Crippen molar-refractivity contribution in [3.05, 3.63) is 11.6 Å². The molecule has 5 unspecified atom stereocenters. The van der Waals surface area contributed by atoms with Crippen molar-refractivity contribution in [3.8, 4) is 0 Å². The van der Waals surface area contributed by atoms with E-state index in [9.17, 15) is 15.0 Å². The Bertz CT molecular complexity index is 878. The summed E-state index contributed by atoms with van der Waals surface area (Å²) in [6.07, 6.45) is 12.0. The fourth-order valence-electron chi connectivity index (χ4n) is 10.8. The van der Waals surface area contributed by atoms with Gasteiger partial charge in [0.05, 0.1) is 11.5 Å². The zero-order chi connectivity index (χ0) is 24.2. The Balaban J connectivity index is 1.60. The second-order valence-corrected chi connectivity index (χ2v) is 14.4. The number of hydrogen-bond acceptors (Lipinski definition) is 2. The summed E-state index contributed by atoms with van der Waals surface area (Å²) in [6.45, 7) is 17.0. The highest BCUT2D eigenvalue weighted by molar-refractivity contribution is 5.76. The van der Waals surface area contributed by atoms with E-state index in [-0.39, 0.29) is 22.2 Å². The quantitative estimate of drug-likeness (QED) is 0.414. The summed E-state index contributed by atoms with van der Waals surface area (Å²) >= 11 is 0. The Morgan fingerprint density at radius 1 is 0.909 bits per heavy atom. The molecule has 0 aliphatic heterocycles. The van der Waals surface area contributed by atoms with Gasteiger partial charge in [-0.25, -0.2) is 0 Å². The highest BCUT2D eigenvalue weighted by Crippen LogP contribution is 2.75. The lowest BCUT2D eigenvalue weighted by molar-refractivity contribution is -0.217. The van der Waals surface area contributed by atoms with Crippen molar-refractivity contribution in [3.63, 3.8) is 0 Å². The van der Waals surface area contributed by atoms with Crippen molar-refractivity contribution in [2.24, 2.45) is 56.7 Å². The molecule has 0 bridgehead atoms. The second-order valence-electron chi connectivity index (χ2n) is 14.4. The van der Waals surface area contributed by atoms with E-state index in [2.05, 4.69) is 47.6 Å². The largest absolute Gasteiger partial charge is 0.481 e. The molecule has 0 spiro atoms. The number of aliphatic hydroxyl groups excluding tert-OH is 1. The first-order valence-electron chi connectivity index (χ1n) is 13.9. The molecule has 0 heterocycles.